The minimum atomic E-state index is -3.73. The van der Waals surface area contributed by atoms with E-state index >= 15 is 0 Å². The first-order chi connectivity index (χ1) is 11.4. The van der Waals surface area contributed by atoms with E-state index in [1.54, 1.807) is 30.3 Å². The Hall–Kier alpha value is -2.31. The molecule has 1 atom stereocenters. The quantitative estimate of drug-likeness (QED) is 0.842. The predicted molar refractivity (Wildman–Crippen MR) is 89.3 cm³/mol. The van der Waals surface area contributed by atoms with E-state index in [0.29, 0.717) is 5.57 Å². The number of hydrogen-bond acceptors (Lipinski definition) is 2. The van der Waals surface area contributed by atoms with Gasteiger partial charge in [0.2, 0.25) is 10.0 Å². The van der Waals surface area contributed by atoms with Gasteiger partial charge in [-0.05, 0) is 29.3 Å². The van der Waals surface area contributed by atoms with Crippen LogP contribution >= 0.6 is 0 Å². The molecule has 2 aromatic carbocycles. The topological polar surface area (TPSA) is 37.4 Å². The van der Waals surface area contributed by atoms with Crippen LogP contribution in [0.4, 0.5) is 8.78 Å². The van der Waals surface area contributed by atoms with Gasteiger partial charge in [-0.1, -0.05) is 43.0 Å². The van der Waals surface area contributed by atoms with Crippen molar-refractivity contribution in [2.75, 3.05) is 6.54 Å². The molecule has 0 amide bonds. The molecule has 1 aliphatic heterocycles. The molecule has 0 saturated heterocycles. The molecule has 0 bridgehead atoms. The van der Waals surface area contributed by atoms with Gasteiger partial charge in [0.05, 0.1) is 6.04 Å². The molecule has 0 radical (unpaired) electrons. The molecule has 0 aromatic heterocycles. The van der Waals surface area contributed by atoms with Crippen LogP contribution in [0.3, 0.4) is 0 Å². The summed E-state index contributed by atoms with van der Waals surface area (Å²) in [5.41, 5.74) is 1.23. The van der Waals surface area contributed by atoms with Crippen molar-refractivity contribution in [2.24, 2.45) is 0 Å². The Balaban J connectivity index is 2.10. The van der Waals surface area contributed by atoms with Crippen LogP contribution in [0.1, 0.15) is 17.2 Å². The second-order valence-electron chi connectivity index (χ2n) is 5.43. The molecule has 0 fully saturated rings. The van der Waals surface area contributed by atoms with Crippen molar-refractivity contribution >= 4 is 15.6 Å². The predicted octanol–water partition coefficient (Wildman–Crippen LogP) is 3.88. The van der Waals surface area contributed by atoms with Crippen molar-refractivity contribution in [3.63, 3.8) is 0 Å². The SMILES string of the molecule is C=CS(=O)(=O)N1CC(c2cc(F)ccc2F)=CC1c1ccccc1. The maximum atomic E-state index is 14.1. The summed E-state index contributed by atoms with van der Waals surface area (Å²) >= 11 is 0. The lowest BCUT2D eigenvalue weighted by atomic mass is 10.0. The minimum Gasteiger partial charge on any atom is -0.207 e. The highest BCUT2D eigenvalue weighted by atomic mass is 32.2. The summed E-state index contributed by atoms with van der Waals surface area (Å²) in [5.74, 6) is -1.17. The molecule has 6 heteroatoms. The van der Waals surface area contributed by atoms with Gasteiger partial charge in [0.1, 0.15) is 11.6 Å². The van der Waals surface area contributed by atoms with E-state index < -0.39 is 27.7 Å². The molecule has 2 aromatic rings. The molecule has 1 aliphatic rings. The zero-order chi connectivity index (χ0) is 17.3. The van der Waals surface area contributed by atoms with E-state index in [4.69, 9.17) is 0 Å². The molecule has 3 rings (SSSR count). The number of benzene rings is 2. The van der Waals surface area contributed by atoms with E-state index in [-0.39, 0.29) is 12.1 Å². The van der Waals surface area contributed by atoms with Gasteiger partial charge in [0, 0.05) is 17.5 Å². The Labute approximate surface area is 139 Å². The van der Waals surface area contributed by atoms with Gasteiger partial charge in [-0.3, -0.25) is 0 Å². The van der Waals surface area contributed by atoms with Gasteiger partial charge in [0.25, 0.3) is 0 Å². The van der Waals surface area contributed by atoms with Crippen LogP contribution < -0.4 is 0 Å². The second kappa shape index (κ2) is 6.30. The molecule has 1 unspecified atom stereocenters. The summed E-state index contributed by atoms with van der Waals surface area (Å²) in [6, 6.07) is 11.5. The molecule has 0 aliphatic carbocycles. The monoisotopic (exact) mass is 347 g/mol. The Morgan fingerprint density at radius 2 is 1.83 bits per heavy atom. The van der Waals surface area contributed by atoms with Crippen molar-refractivity contribution in [1.82, 2.24) is 4.31 Å². The fourth-order valence-electron chi connectivity index (χ4n) is 2.77. The third-order valence-electron chi connectivity index (χ3n) is 3.95. The highest BCUT2D eigenvalue weighted by Crippen LogP contribution is 2.37. The third-order valence-corrected chi connectivity index (χ3v) is 5.38. The van der Waals surface area contributed by atoms with Crippen molar-refractivity contribution in [3.05, 3.63) is 89.4 Å². The maximum absolute atomic E-state index is 14.1. The van der Waals surface area contributed by atoms with Gasteiger partial charge < -0.3 is 0 Å². The van der Waals surface area contributed by atoms with Gasteiger partial charge >= 0.3 is 0 Å². The normalized spacial score (nSPS) is 18.4. The number of rotatable bonds is 4. The first kappa shape index (κ1) is 16.5. The first-order valence-electron chi connectivity index (χ1n) is 7.28. The van der Waals surface area contributed by atoms with Crippen LogP contribution in [0.2, 0.25) is 0 Å². The largest absolute Gasteiger partial charge is 0.236 e. The molecular weight excluding hydrogens is 332 g/mol. The molecular formula is C18H15F2NO2S. The maximum Gasteiger partial charge on any atom is 0.236 e. The smallest absolute Gasteiger partial charge is 0.207 e. The van der Waals surface area contributed by atoms with Crippen molar-refractivity contribution < 1.29 is 17.2 Å². The van der Waals surface area contributed by atoms with Crippen molar-refractivity contribution in [1.29, 1.82) is 0 Å². The standard InChI is InChI=1S/C18H15F2NO2S/c1-2-24(22,23)21-12-14(16-11-15(19)8-9-17(16)20)10-18(21)13-6-4-3-5-7-13/h2-11,18H,1,12H2. The average molecular weight is 347 g/mol. The molecule has 1 heterocycles. The van der Waals surface area contributed by atoms with E-state index in [2.05, 4.69) is 6.58 Å². The van der Waals surface area contributed by atoms with E-state index in [9.17, 15) is 17.2 Å². The van der Waals surface area contributed by atoms with Crippen LogP contribution in [0.5, 0.6) is 0 Å². The Morgan fingerprint density at radius 1 is 1.12 bits per heavy atom. The first-order valence-corrected chi connectivity index (χ1v) is 8.78. The molecule has 124 valence electrons. The Morgan fingerprint density at radius 3 is 2.50 bits per heavy atom. The summed E-state index contributed by atoms with van der Waals surface area (Å²) < 4.78 is 53.4. The highest BCUT2D eigenvalue weighted by molar-refractivity contribution is 7.92. The van der Waals surface area contributed by atoms with Gasteiger partial charge in [0.15, 0.2) is 0 Å². The van der Waals surface area contributed by atoms with Crippen LogP contribution in [-0.2, 0) is 10.0 Å². The average Bonchev–Trinajstić information content (AvgIpc) is 3.04. The fraction of sp³-hybridized carbons (Fsp3) is 0.111. The summed E-state index contributed by atoms with van der Waals surface area (Å²) in [6.07, 6.45) is 1.65. The third kappa shape index (κ3) is 3.02. The molecule has 0 saturated carbocycles. The molecule has 0 N–H and O–H groups in total. The zero-order valence-electron chi connectivity index (χ0n) is 12.7. The summed E-state index contributed by atoms with van der Waals surface area (Å²) in [5, 5.41) is 0.863. The number of halogens is 2. The van der Waals surface area contributed by atoms with Gasteiger partial charge in [-0.2, -0.15) is 4.31 Å². The van der Waals surface area contributed by atoms with Crippen LogP contribution in [0.15, 0.2) is 66.6 Å². The fourth-order valence-corrected chi connectivity index (χ4v) is 3.78. The number of nitrogens with zero attached hydrogens (tertiary/aromatic N) is 1. The highest BCUT2D eigenvalue weighted by Gasteiger charge is 2.34. The molecule has 3 nitrogen and oxygen atoms in total. The van der Waals surface area contributed by atoms with E-state index in [1.807, 2.05) is 6.07 Å². The summed E-state index contributed by atoms with van der Waals surface area (Å²) in [7, 11) is -3.73. The Bertz CT molecular complexity index is 908. The summed E-state index contributed by atoms with van der Waals surface area (Å²) in [6.45, 7) is 3.30. The lowest BCUT2D eigenvalue weighted by Crippen LogP contribution is -2.29. The van der Waals surface area contributed by atoms with E-state index in [1.165, 1.54) is 4.31 Å². The Kier molecular flexibility index (Phi) is 4.34. The number of sulfonamides is 1. The molecule has 0 spiro atoms. The van der Waals surface area contributed by atoms with Crippen LogP contribution in [0.25, 0.3) is 5.57 Å². The second-order valence-corrected chi connectivity index (χ2v) is 7.26. The number of hydrogen-bond donors (Lipinski definition) is 0. The zero-order valence-corrected chi connectivity index (χ0v) is 13.5. The van der Waals surface area contributed by atoms with E-state index in [0.717, 1.165) is 29.2 Å². The van der Waals surface area contributed by atoms with Gasteiger partial charge in [-0.25, -0.2) is 17.2 Å². The van der Waals surface area contributed by atoms with Gasteiger partial charge in [-0.15, -0.1) is 0 Å². The minimum absolute atomic E-state index is 0.0473. The summed E-state index contributed by atoms with van der Waals surface area (Å²) in [4.78, 5) is 0. The van der Waals surface area contributed by atoms with Crippen molar-refractivity contribution in [3.8, 4) is 0 Å². The molecule has 24 heavy (non-hydrogen) atoms. The van der Waals surface area contributed by atoms with Crippen LogP contribution in [-0.4, -0.2) is 19.3 Å². The van der Waals surface area contributed by atoms with Crippen LogP contribution in [0, 0.1) is 11.6 Å². The van der Waals surface area contributed by atoms with Crippen molar-refractivity contribution in [2.45, 2.75) is 6.04 Å². The lowest BCUT2D eigenvalue weighted by molar-refractivity contribution is 0.426. The lowest BCUT2D eigenvalue weighted by Gasteiger charge is -2.22.